The van der Waals surface area contributed by atoms with Crippen molar-refractivity contribution >= 4 is 34.4 Å². The minimum Gasteiger partial charge on any atom is -0.494 e. The molecule has 0 saturated carbocycles. The molecule has 6 nitrogen and oxygen atoms in total. The number of nitrogens with zero attached hydrogens (tertiary/aromatic N) is 3. The van der Waals surface area contributed by atoms with E-state index in [1.165, 1.54) is 0 Å². The number of amides is 1. The number of fused-ring (bicyclic) bond motifs is 1. The van der Waals surface area contributed by atoms with Crippen LogP contribution in [0.25, 0.3) is 17.0 Å². The highest BCUT2D eigenvalue weighted by molar-refractivity contribution is 6.03. The SMILES string of the molecule is CCN1CCN(c2cc(C)c3cc(NC(=O)/C=C/c4ccc(OCCC(C)C)cc4)ccc3n2)CC1. The largest absolute Gasteiger partial charge is 0.494 e. The predicted octanol–water partition coefficient (Wildman–Crippen LogP) is 5.76. The summed E-state index contributed by atoms with van der Waals surface area (Å²) >= 11 is 0. The fourth-order valence-electron chi connectivity index (χ4n) is 4.35. The van der Waals surface area contributed by atoms with Gasteiger partial charge in [-0.15, -0.1) is 0 Å². The molecule has 1 amide bonds. The van der Waals surface area contributed by atoms with Gasteiger partial charge in [0.25, 0.3) is 0 Å². The Morgan fingerprint density at radius 2 is 1.83 bits per heavy atom. The second-order valence-corrected chi connectivity index (χ2v) is 9.87. The summed E-state index contributed by atoms with van der Waals surface area (Å²) in [7, 11) is 0. The number of aryl methyl sites for hydroxylation is 1. The first kappa shape index (κ1) is 25.7. The van der Waals surface area contributed by atoms with Crippen LogP contribution in [0.4, 0.5) is 11.5 Å². The van der Waals surface area contributed by atoms with E-state index in [0.29, 0.717) is 12.5 Å². The third kappa shape index (κ3) is 6.85. The number of piperazine rings is 1. The second kappa shape index (κ2) is 12.0. The Balaban J connectivity index is 1.36. The zero-order valence-electron chi connectivity index (χ0n) is 22.0. The molecule has 6 heteroatoms. The Morgan fingerprint density at radius 3 is 2.53 bits per heavy atom. The van der Waals surface area contributed by atoms with Crippen LogP contribution in [0.15, 0.2) is 54.6 Å². The van der Waals surface area contributed by atoms with E-state index in [1.54, 1.807) is 6.08 Å². The van der Waals surface area contributed by atoms with E-state index in [0.717, 1.165) is 78.4 Å². The van der Waals surface area contributed by atoms with Crippen LogP contribution >= 0.6 is 0 Å². The number of carbonyl (C=O) groups excluding carboxylic acids is 1. The maximum Gasteiger partial charge on any atom is 0.248 e. The number of carbonyl (C=O) groups is 1. The van der Waals surface area contributed by atoms with Gasteiger partial charge in [-0.1, -0.05) is 32.9 Å². The van der Waals surface area contributed by atoms with Crippen LogP contribution in [0.1, 0.15) is 38.3 Å². The number of aromatic nitrogens is 1. The Kier molecular flexibility index (Phi) is 8.60. The number of benzene rings is 2. The molecule has 4 rings (SSSR count). The van der Waals surface area contributed by atoms with Gasteiger partial charge >= 0.3 is 0 Å². The molecule has 0 bridgehead atoms. The van der Waals surface area contributed by atoms with Crippen molar-refractivity contribution in [2.75, 3.05) is 49.5 Å². The lowest BCUT2D eigenvalue weighted by Gasteiger charge is -2.35. The molecule has 2 aromatic carbocycles. The van der Waals surface area contributed by atoms with Gasteiger partial charge in [0, 0.05) is 43.3 Å². The number of nitrogens with one attached hydrogen (secondary N) is 1. The van der Waals surface area contributed by atoms with E-state index in [4.69, 9.17) is 9.72 Å². The molecule has 1 N–H and O–H groups in total. The van der Waals surface area contributed by atoms with Crippen molar-refractivity contribution in [3.63, 3.8) is 0 Å². The molecule has 1 saturated heterocycles. The molecule has 0 aliphatic carbocycles. The molecule has 36 heavy (non-hydrogen) atoms. The van der Waals surface area contributed by atoms with Crippen molar-refractivity contribution in [1.82, 2.24) is 9.88 Å². The molecule has 0 spiro atoms. The normalized spacial score (nSPS) is 14.6. The molecule has 190 valence electrons. The minimum absolute atomic E-state index is 0.164. The van der Waals surface area contributed by atoms with Gasteiger partial charge in [-0.05, 0) is 79.4 Å². The smallest absolute Gasteiger partial charge is 0.248 e. The lowest BCUT2D eigenvalue weighted by molar-refractivity contribution is -0.111. The van der Waals surface area contributed by atoms with Crippen molar-refractivity contribution in [2.45, 2.75) is 34.1 Å². The average Bonchev–Trinajstić information content (AvgIpc) is 2.88. The Hall–Kier alpha value is -3.38. The summed E-state index contributed by atoms with van der Waals surface area (Å²) in [4.78, 5) is 22.3. The number of ether oxygens (including phenoxy) is 1. The van der Waals surface area contributed by atoms with E-state index >= 15 is 0 Å². The van der Waals surface area contributed by atoms with E-state index in [-0.39, 0.29) is 5.91 Å². The van der Waals surface area contributed by atoms with Crippen molar-refractivity contribution < 1.29 is 9.53 Å². The van der Waals surface area contributed by atoms with Gasteiger partial charge in [-0.25, -0.2) is 4.98 Å². The monoisotopic (exact) mass is 486 g/mol. The van der Waals surface area contributed by atoms with E-state index in [9.17, 15) is 4.79 Å². The highest BCUT2D eigenvalue weighted by Gasteiger charge is 2.17. The Bertz CT molecular complexity index is 1200. The lowest BCUT2D eigenvalue weighted by Crippen LogP contribution is -2.46. The maximum absolute atomic E-state index is 12.5. The molecule has 1 aliphatic heterocycles. The van der Waals surface area contributed by atoms with Crippen molar-refractivity contribution in [2.24, 2.45) is 5.92 Å². The summed E-state index contributed by atoms with van der Waals surface area (Å²) in [6, 6.07) is 15.9. The molecular weight excluding hydrogens is 448 g/mol. The molecule has 2 heterocycles. The van der Waals surface area contributed by atoms with Gasteiger partial charge in [-0.2, -0.15) is 0 Å². The first-order chi connectivity index (χ1) is 17.4. The highest BCUT2D eigenvalue weighted by Crippen LogP contribution is 2.26. The third-order valence-electron chi connectivity index (χ3n) is 6.68. The molecular formula is C30H38N4O2. The molecule has 1 aromatic heterocycles. The molecule has 3 aromatic rings. The molecule has 1 fully saturated rings. The molecule has 0 radical (unpaired) electrons. The van der Waals surface area contributed by atoms with Crippen molar-refractivity contribution in [3.8, 4) is 5.75 Å². The van der Waals surface area contributed by atoms with Crippen molar-refractivity contribution in [3.05, 3.63) is 65.7 Å². The fraction of sp³-hybridized carbons (Fsp3) is 0.400. The number of hydrogen-bond acceptors (Lipinski definition) is 5. The summed E-state index contributed by atoms with van der Waals surface area (Å²) in [5.74, 6) is 2.34. The lowest BCUT2D eigenvalue weighted by atomic mass is 10.1. The van der Waals surface area contributed by atoms with Crippen LogP contribution in [0.2, 0.25) is 0 Å². The van der Waals surface area contributed by atoms with Crippen LogP contribution in [0, 0.1) is 12.8 Å². The summed E-state index contributed by atoms with van der Waals surface area (Å²) in [6.45, 7) is 14.7. The quantitative estimate of drug-likeness (QED) is 0.390. The van der Waals surface area contributed by atoms with Gasteiger partial charge < -0.3 is 19.9 Å². The first-order valence-corrected chi connectivity index (χ1v) is 13.0. The number of rotatable bonds is 9. The maximum atomic E-state index is 12.5. The summed E-state index contributed by atoms with van der Waals surface area (Å²) in [6.07, 6.45) is 4.40. The number of pyridine rings is 1. The summed E-state index contributed by atoms with van der Waals surface area (Å²) in [5.41, 5.74) is 3.83. The van der Waals surface area contributed by atoms with Gasteiger partial charge in [0.1, 0.15) is 11.6 Å². The number of likely N-dealkylation sites (N-methyl/N-ethyl adjacent to an activating group) is 1. The molecule has 0 unspecified atom stereocenters. The second-order valence-electron chi connectivity index (χ2n) is 9.87. The fourth-order valence-corrected chi connectivity index (χ4v) is 4.35. The minimum atomic E-state index is -0.164. The van der Waals surface area contributed by atoms with Crippen LogP contribution in [0.3, 0.4) is 0 Å². The van der Waals surface area contributed by atoms with Gasteiger partial charge in [0.2, 0.25) is 5.91 Å². The van der Waals surface area contributed by atoms with Crippen LogP contribution in [0.5, 0.6) is 5.75 Å². The molecule has 1 aliphatic rings. The summed E-state index contributed by atoms with van der Waals surface area (Å²) in [5, 5.41) is 4.03. The highest BCUT2D eigenvalue weighted by atomic mass is 16.5. The Morgan fingerprint density at radius 1 is 1.08 bits per heavy atom. The van der Waals surface area contributed by atoms with E-state index in [1.807, 2.05) is 48.5 Å². The standard InChI is InChI=1S/C30H38N4O2/c1-5-33-15-17-34(18-16-33)29-20-23(4)27-21-25(9-12-28(27)32-29)31-30(35)13-8-24-6-10-26(11-7-24)36-19-14-22(2)3/h6-13,20-22H,5,14-19H2,1-4H3,(H,31,35)/b13-8+. The van der Waals surface area contributed by atoms with Gasteiger partial charge in [0.15, 0.2) is 0 Å². The molecule has 0 atom stereocenters. The van der Waals surface area contributed by atoms with Gasteiger partial charge in [-0.3, -0.25) is 4.79 Å². The number of hydrogen-bond donors (Lipinski definition) is 1. The van der Waals surface area contributed by atoms with E-state index < -0.39 is 0 Å². The Labute approximate surface area is 215 Å². The zero-order valence-corrected chi connectivity index (χ0v) is 22.0. The van der Waals surface area contributed by atoms with E-state index in [2.05, 4.69) is 48.9 Å². The third-order valence-corrected chi connectivity index (χ3v) is 6.68. The average molecular weight is 487 g/mol. The van der Waals surface area contributed by atoms with Crippen LogP contribution < -0.4 is 15.0 Å². The predicted molar refractivity (Wildman–Crippen MR) is 150 cm³/mol. The van der Waals surface area contributed by atoms with Crippen LogP contribution in [-0.4, -0.2) is 55.1 Å². The zero-order chi connectivity index (χ0) is 25.5. The van der Waals surface area contributed by atoms with Crippen molar-refractivity contribution in [1.29, 1.82) is 0 Å². The van der Waals surface area contributed by atoms with Crippen LogP contribution in [-0.2, 0) is 4.79 Å². The summed E-state index contributed by atoms with van der Waals surface area (Å²) < 4.78 is 5.76. The first-order valence-electron chi connectivity index (χ1n) is 13.0. The topological polar surface area (TPSA) is 57.7 Å². The number of anilines is 2. The van der Waals surface area contributed by atoms with Gasteiger partial charge in [0.05, 0.1) is 12.1 Å².